The highest BCUT2D eigenvalue weighted by Gasteiger charge is 1.87. The minimum Gasteiger partial charge on any atom is -0.383 e. The van der Waals surface area contributed by atoms with Crippen molar-refractivity contribution in [1.82, 2.24) is 5.32 Å². The largest absolute Gasteiger partial charge is 0.383 e. The predicted molar refractivity (Wildman–Crippen MR) is 50.3 cm³/mol. The van der Waals surface area contributed by atoms with Gasteiger partial charge in [-0.15, -0.1) is 0 Å². The lowest BCUT2D eigenvalue weighted by atomic mass is 10.2. The first-order valence-corrected chi connectivity index (χ1v) is 4.07. The Morgan fingerprint density at radius 1 is 1.50 bits per heavy atom. The average Bonchev–Trinajstić information content (AvgIpc) is 1.98. The van der Waals surface area contributed by atoms with E-state index in [9.17, 15) is 0 Å². The summed E-state index contributed by atoms with van der Waals surface area (Å²) in [6, 6.07) is 0. The summed E-state index contributed by atoms with van der Waals surface area (Å²) >= 11 is 4.96. The maximum Gasteiger partial charge on any atom is 0.0753 e. The van der Waals surface area contributed by atoms with Crippen LogP contribution >= 0.6 is 12.2 Å². The molecule has 0 aliphatic rings. The molecule has 0 saturated carbocycles. The number of allylic oxidation sites excluding steroid dienone is 2. The highest BCUT2D eigenvalue weighted by Crippen LogP contribution is 1.93. The SMILES string of the molecule is CC/C=C/CCC(=S)NC. The summed E-state index contributed by atoms with van der Waals surface area (Å²) in [6.07, 6.45) is 7.49. The highest BCUT2D eigenvalue weighted by atomic mass is 32.1. The molecule has 0 spiro atoms. The second-order valence-corrected chi connectivity index (χ2v) is 2.58. The van der Waals surface area contributed by atoms with Crippen molar-refractivity contribution >= 4 is 17.2 Å². The van der Waals surface area contributed by atoms with Gasteiger partial charge < -0.3 is 5.32 Å². The minimum atomic E-state index is 0.945. The normalized spacial score (nSPS) is 10.2. The third-order valence-electron chi connectivity index (χ3n) is 1.22. The van der Waals surface area contributed by atoms with E-state index in [1.54, 1.807) is 0 Å². The quantitative estimate of drug-likeness (QED) is 0.496. The maximum absolute atomic E-state index is 4.96. The van der Waals surface area contributed by atoms with Gasteiger partial charge in [0.05, 0.1) is 4.99 Å². The molecule has 1 nitrogen and oxygen atoms in total. The summed E-state index contributed by atoms with van der Waals surface area (Å²) in [5, 5.41) is 2.94. The molecule has 0 fully saturated rings. The fraction of sp³-hybridized carbons (Fsp3) is 0.625. The van der Waals surface area contributed by atoms with E-state index in [-0.39, 0.29) is 0 Å². The van der Waals surface area contributed by atoms with Crippen LogP contribution in [0, 0.1) is 0 Å². The van der Waals surface area contributed by atoms with Crippen LogP contribution in [0.3, 0.4) is 0 Å². The molecule has 0 aromatic carbocycles. The molecule has 0 atom stereocenters. The minimum absolute atomic E-state index is 0.945. The van der Waals surface area contributed by atoms with Gasteiger partial charge in [0.2, 0.25) is 0 Å². The molecular weight excluding hydrogens is 142 g/mol. The molecule has 1 N–H and O–H groups in total. The number of thiocarbonyl (C=S) groups is 1. The highest BCUT2D eigenvalue weighted by molar-refractivity contribution is 7.80. The summed E-state index contributed by atoms with van der Waals surface area (Å²) in [7, 11) is 1.87. The Morgan fingerprint density at radius 2 is 2.20 bits per heavy atom. The second kappa shape index (κ2) is 6.75. The number of rotatable bonds is 4. The molecule has 0 aliphatic heterocycles. The third kappa shape index (κ3) is 5.76. The van der Waals surface area contributed by atoms with Crippen molar-refractivity contribution in [2.45, 2.75) is 26.2 Å². The maximum atomic E-state index is 4.96. The Kier molecular flexibility index (Phi) is 6.50. The van der Waals surface area contributed by atoms with E-state index in [0.717, 1.165) is 24.3 Å². The van der Waals surface area contributed by atoms with Crippen LogP contribution in [0.4, 0.5) is 0 Å². The molecular formula is C8H15NS. The first kappa shape index (κ1) is 9.63. The molecule has 0 aliphatic carbocycles. The molecule has 0 unspecified atom stereocenters. The van der Waals surface area contributed by atoms with Gasteiger partial charge >= 0.3 is 0 Å². The molecule has 0 saturated heterocycles. The standard InChI is InChI=1S/C8H15NS/c1-3-4-5-6-7-8(10)9-2/h4-5H,3,6-7H2,1-2H3,(H,9,10)/b5-4+. The summed E-state index contributed by atoms with van der Waals surface area (Å²) in [5.41, 5.74) is 0. The van der Waals surface area contributed by atoms with Crippen molar-refractivity contribution in [2.75, 3.05) is 7.05 Å². The van der Waals surface area contributed by atoms with Crippen molar-refractivity contribution in [1.29, 1.82) is 0 Å². The van der Waals surface area contributed by atoms with Gasteiger partial charge in [0.25, 0.3) is 0 Å². The van der Waals surface area contributed by atoms with Crippen molar-refractivity contribution in [3.63, 3.8) is 0 Å². The molecule has 0 heterocycles. The van der Waals surface area contributed by atoms with E-state index in [4.69, 9.17) is 12.2 Å². The third-order valence-corrected chi connectivity index (χ3v) is 1.63. The van der Waals surface area contributed by atoms with E-state index in [1.165, 1.54) is 0 Å². The molecule has 58 valence electrons. The fourth-order valence-electron chi connectivity index (χ4n) is 0.624. The van der Waals surface area contributed by atoms with Gasteiger partial charge in [0.1, 0.15) is 0 Å². The second-order valence-electron chi connectivity index (χ2n) is 2.09. The van der Waals surface area contributed by atoms with Crippen LogP contribution in [0.15, 0.2) is 12.2 Å². The molecule has 0 aromatic heterocycles. The monoisotopic (exact) mass is 157 g/mol. The van der Waals surface area contributed by atoms with Crippen LogP contribution in [-0.2, 0) is 0 Å². The lowest BCUT2D eigenvalue weighted by Crippen LogP contribution is -2.14. The zero-order valence-electron chi connectivity index (χ0n) is 6.68. The Balaban J connectivity index is 3.19. The molecule has 0 amide bonds. The van der Waals surface area contributed by atoms with Gasteiger partial charge in [-0.05, 0) is 12.8 Å². The van der Waals surface area contributed by atoms with Crippen molar-refractivity contribution in [3.05, 3.63) is 12.2 Å². The first-order chi connectivity index (χ1) is 4.81. The Bertz CT molecular complexity index is 118. The van der Waals surface area contributed by atoms with E-state index < -0.39 is 0 Å². The van der Waals surface area contributed by atoms with Gasteiger partial charge in [-0.3, -0.25) is 0 Å². The van der Waals surface area contributed by atoms with Crippen molar-refractivity contribution in [3.8, 4) is 0 Å². The Morgan fingerprint density at radius 3 is 2.70 bits per heavy atom. The van der Waals surface area contributed by atoms with E-state index >= 15 is 0 Å². The average molecular weight is 157 g/mol. The molecule has 0 rings (SSSR count). The number of hydrogen-bond donors (Lipinski definition) is 1. The first-order valence-electron chi connectivity index (χ1n) is 3.66. The van der Waals surface area contributed by atoms with Crippen LogP contribution < -0.4 is 5.32 Å². The fourth-order valence-corrected chi connectivity index (χ4v) is 0.742. The smallest absolute Gasteiger partial charge is 0.0753 e. The van der Waals surface area contributed by atoms with Crippen LogP contribution in [0.5, 0.6) is 0 Å². The van der Waals surface area contributed by atoms with E-state index in [0.29, 0.717) is 0 Å². The number of hydrogen-bond acceptors (Lipinski definition) is 1. The lowest BCUT2D eigenvalue weighted by molar-refractivity contribution is 1.03. The topological polar surface area (TPSA) is 12.0 Å². The van der Waals surface area contributed by atoms with Gasteiger partial charge in [0, 0.05) is 13.5 Å². The van der Waals surface area contributed by atoms with Crippen molar-refractivity contribution < 1.29 is 0 Å². The zero-order valence-corrected chi connectivity index (χ0v) is 7.50. The summed E-state index contributed by atoms with van der Waals surface area (Å²) in [5.74, 6) is 0. The van der Waals surface area contributed by atoms with Crippen molar-refractivity contribution in [2.24, 2.45) is 0 Å². The summed E-state index contributed by atoms with van der Waals surface area (Å²) < 4.78 is 0. The van der Waals surface area contributed by atoms with Crippen LogP contribution in [0.1, 0.15) is 26.2 Å². The van der Waals surface area contributed by atoms with Gasteiger partial charge in [-0.25, -0.2) is 0 Å². The van der Waals surface area contributed by atoms with E-state index in [1.807, 2.05) is 7.05 Å². The lowest BCUT2D eigenvalue weighted by Gasteiger charge is -1.97. The Hall–Kier alpha value is -0.370. The van der Waals surface area contributed by atoms with Gasteiger partial charge in [-0.1, -0.05) is 31.3 Å². The number of nitrogens with one attached hydrogen (secondary N) is 1. The van der Waals surface area contributed by atoms with Gasteiger partial charge in [0.15, 0.2) is 0 Å². The van der Waals surface area contributed by atoms with Crippen LogP contribution in [0.25, 0.3) is 0 Å². The molecule has 2 heteroatoms. The predicted octanol–water partition coefficient (Wildman–Crippen LogP) is 2.28. The van der Waals surface area contributed by atoms with Crippen LogP contribution in [0.2, 0.25) is 0 Å². The molecule has 0 radical (unpaired) electrons. The molecule has 0 bridgehead atoms. The van der Waals surface area contributed by atoms with E-state index in [2.05, 4.69) is 24.4 Å². The summed E-state index contributed by atoms with van der Waals surface area (Å²) in [6.45, 7) is 2.13. The van der Waals surface area contributed by atoms with Gasteiger partial charge in [-0.2, -0.15) is 0 Å². The Labute approximate surface area is 68.5 Å². The molecule has 10 heavy (non-hydrogen) atoms. The molecule has 0 aromatic rings. The zero-order chi connectivity index (χ0) is 7.82. The summed E-state index contributed by atoms with van der Waals surface area (Å²) in [4.78, 5) is 0.945. The van der Waals surface area contributed by atoms with Crippen LogP contribution in [-0.4, -0.2) is 12.0 Å².